The Morgan fingerprint density at radius 3 is 1.80 bits per heavy atom. The molecule has 25 heavy (non-hydrogen) atoms. The smallest absolute Gasteiger partial charge is 0.0575 e. The Kier molecular flexibility index (Phi) is 11.2. The molecule has 2 rings (SSSR count). The van der Waals surface area contributed by atoms with Gasteiger partial charge in [-0.05, 0) is 62.7 Å². The lowest BCUT2D eigenvalue weighted by Crippen LogP contribution is -2.28. The standard InChI is InChI=1S/C24H46O/c1-3-5-7-8-9-10-11-21-12-14-22(15-13-21)23-16-18-24(19-17-23)25-20-6-4-2/h21-24H,3-20H2,1-2H3/t21-,22-,23-,24-. The van der Waals surface area contributed by atoms with E-state index in [9.17, 15) is 0 Å². The average Bonchev–Trinajstić information content (AvgIpc) is 2.66. The zero-order chi connectivity index (χ0) is 17.7. The molecule has 0 spiro atoms. The normalized spacial score (nSPS) is 30.5. The SMILES string of the molecule is CCCCCCCC[C@H]1CC[C@H]([C@H]2CC[C@H](OCCCC)CC2)CC1. The minimum absolute atomic E-state index is 0.590. The molecule has 0 aromatic carbocycles. The predicted octanol–water partition coefficient (Wildman–Crippen LogP) is 7.92. The third-order valence-electron chi connectivity index (χ3n) is 7.09. The first-order valence-corrected chi connectivity index (χ1v) is 11.9. The van der Waals surface area contributed by atoms with Crippen LogP contribution in [0.3, 0.4) is 0 Å². The minimum atomic E-state index is 0.590. The lowest BCUT2D eigenvalue weighted by Gasteiger charge is -2.38. The van der Waals surface area contributed by atoms with E-state index in [1.54, 1.807) is 0 Å². The fourth-order valence-corrected chi connectivity index (χ4v) is 5.28. The summed E-state index contributed by atoms with van der Waals surface area (Å²) in [6, 6.07) is 0. The zero-order valence-corrected chi connectivity index (χ0v) is 17.4. The molecule has 0 heterocycles. The van der Waals surface area contributed by atoms with Crippen LogP contribution in [0.2, 0.25) is 0 Å². The predicted molar refractivity (Wildman–Crippen MR) is 110 cm³/mol. The summed E-state index contributed by atoms with van der Waals surface area (Å²) < 4.78 is 6.06. The van der Waals surface area contributed by atoms with Gasteiger partial charge in [-0.3, -0.25) is 0 Å². The van der Waals surface area contributed by atoms with Crippen molar-refractivity contribution in [1.29, 1.82) is 0 Å². The lowest BCUT2D eigenvalue weighted by atomic mass is 9.70. The summed E-state index contributed by atoms with van der Waals surface area (Å²) in [5.74, 6) is 3.15. The molecule has 0 atom stereocenters. The summed E-state index contributed by atoms with van der Waals surface area (Å²) in [6.07, 6.45) is 25.1. The molecule has 2 fully saturated rings. The van der Waals surface area contributed by atoms with Crippen molar-refractivity contribution >= 4 is 0 Å². The van der Waals surface area contributed by atoms with Crippen molar-refractivity contribution < 1.29 is 4.74 Å². The number of rotatable bonds is 12. The third kappa shape index (κ3) is 8.46. The molecule has 0 N–H and O–H groups in total. The van der Waals surface area contributed by atoms with E-state index in [1.807, 2.05) is 0 Å². The van der Waals surface area contributed by atoms with Gasteiger partial charge in [-0.15, -0.1) is 0 Å². The fourth-order valence-electron chi connectivity index (χ4n) is 5.28. The van der Waals surface area contributed by atoms with Gasteiger partial charge in [0.15, 0.2) is 0 Å². The van der Waals surface area contributed by atoms with Crippen LogP contribution in [-0.2, 0) is 4.74 Å². The zero-order valence-electron chi connectivity index (χ0n) is 17.4. The highest BCUT2D eigenvalue weighted by Crippen LogP contribution is 2.41. The summed E-state index contributed by atoms with van der Waals surface area (Å²) in [6.45, 7) is 5.56. The van der Waals surface area contributed by atoms with Gasteiger partial charge in [-0.25, -0.2) is 0 Å². The first-order chi connectivity index (χ1) is 12.3. The Bertz CT molecular complexity index is 297. The van der Waals surface area contributed by atoms with Crippen LogP contribution in [0.25, 0.3) is 0 Å². The number of hydrogen-bond acceptors (Lipinski definition) is 1. The van der Waals surface area contributed by atoms with Gasteiger partial charge in [0.25, 0.3) is 0 Å². The summed E-state index contributed by atoms with van der Waals surface area (Å²) >= 11 is 0. The van der Waals surface area contributed by atoms with Crippen LogP contribution in [0, 0.1) is 17.8 Å². The van der Waals surface area contributed by atoms with Crippen molar-refractivity contribution in [3.05, 3.63) is 0 Å². The van der Waals surface area contributed by atoms with E-state index in [4.69, 9.17) is 4.74 Å². The maximum atomic E-state index is 6.06. The topological polar surface area (TPSA) is 9.23 Å². The van der Waals surface area contributed by atoms with Crippen LogP contribution in [-0.4, -0.2) is 12.7 Å². The minimum Gasteiger partial charge on any atom is -0.378 e. The maximum absolute atomic E-state index is 6.06. The molecule has 2 aliphatic carbocycles. The first kappa shape index (κ1) is 21.3. The molecule has 0 aromatic rings. The molecular weight excluding hydrogens is 304 g/mol. The highest BCUT2D eigenvalue weighted by molar-refractivity contribution is 4.82. The van der Waals surface area contributed by atoms with Crippen molar-refractivity contribution in [3.63, 3.8) is 0 Å². The van der Waals surface area contributed by atoms with Crippen LogP contribution < -0.4 is 0 Å². The Hall–Kier alpha value is -0.0400. The Morgan fingerprint density at radius 2 is 1.16 bits per heavy atom. The number of ether oxygens (including phenoxy) is 1. The molecule has 2 aliphatic rings. The lowest BCUT2D eigenvalue weighted by molar-refractivity contribution is 0.00576. The third-order valence-corrected chi connectivity index (χ3v) is 7.09. The van der Waals surface area contributed by atoms with Crippen LogP contribution in [0.4, 0.5) is 0 Å². The summed E-state index contributed by atoms with van der Waals surface area (Å²) in [5.41, 5.74) is 0. The van der Waals surface area contributed by atoms with E-state index in [0.717, 1.165) is 24.4 Å². The largest absolute Gasteiger partial charge is 0.378 e. The summed E-state index contributed by atoms with van der Waals surface area (Å²) in [5, 5.41) is 0. The summed E-state index contributed by atoms with van der Waals surface area (Å²) in [7, 11) is 0. The average molecular weight is 351 g/mol. The highest BCUT2D eigenvalue weighted by Gasteiger charge is 2.30. The second-order valence-electron chi connectivity index (χ2n) is 9.10. The van der Waals surface area contributed by atoms with Crippen molar-refractivity contribution in [2.45, 2.75) is 129 Å². The molecule has 0 unspecified atom stereocenters. The van der Waals surface area contributed by atoms with Crippen LogP contribution >= 0.6 is 0 Å². The Balaban J connectivity index is 1.51. The molecule has 1 heteroatoms. The maximum Gasteiger partial charge on any atom is 0.0575 e. The van der Waals surface area contributed by atoms with Crippen LogP contribution in [0.1, 0.15) is 123 Å². The molecule has 0 amide bonds. The molecule has 148 valence electrons. The number of unbranched alkanes of at least 4 members (excludes halogenated alkanes) is 6. The van der Waals surface area contributed by atoms with Crippen molar-refractivity contribution in [2.75, 3.05) is 6.61 Å². The fraction of sp³-hybridized carbons (Fsp3) is 1.00. The first-order valence-electron chi connectivity index (χ1n) is 11.9. The van der Waals surface area contributed by atoms with Gasteiger partial charge in [0.1, 0.15) is 0 Å². The van der Waals surface area contributed by atoms with Gasteiger partial charge in [0.2, 0.25) is 0 Å². The van der Waals surface area contributed by atoms with E-state index in [1.165, 1.54) is 109 Å². The van der Waals surface area contributed by atoms with Crippen LogP contribution in [0.15, 0.2) is 0 Å². The van der Waals surface area contributed by atoms with E-state index in [-0.39, 0.29) is 0 Å². The molecule has 2 saturated carbocycles. The van der Waals surface area contributed by atoms with Gasteiger partial charge in [-0.2, -0.15) is 0 Å². The van der Waals surface area contributed by atoms with Crippen molar-refractivity contribution in [1.82, 2.24) is 0 Å². The monoisotopic (exact) mass is 350 g/mol. The van der Waals surface area contributed by atoms with E-state index < -0.39 is 0 Å². The van der Waals surface area contributed by atoms with E-state index >= 15 is 0 Å². The molecule has 0 aliphatic heterocycles. The Labute approximate surface area is 158 Å². The quantitative estimate of drug-likeness (QED) is 0.325. The number of hydrogen-bond donors (Lipinski definition) is 0. The van der Waals surface area contributed by atoms with Crippen LogP contribution in [0.5, 0.6) is 0 Å². The molecule has 0 radical (unpaired) electrons. The molecule has 1 nitrogen and oxygen atoms in total. The second kappa shape index (κ2) is 13.2. The molecule has 0 saturated heterocycles. The second-order valence-corrected chi connectivity index (χ2v) is 9.10. The Morgan fingerprint density at radius 1 is 0.600 bits per heavy atom. The van der Waals surface area contributed by atoms with E-state index in [2.05, 4.69) is 13.8 Å². The van der Waals surface area contributed by atoms with Gasteiger partial charge < -0.3 is 4.74 Å². The van der Waals surface area contributed by atoms with Crippen molar-refractivity contribution in [3.8, 4) is 0 Å². The molecule has 0 aromatic heterocycles. The van der Waals surface area contributed by atoms with E-state index in [0.29, 0.717) is 6.10 Å². The highest BCUT2D eigenvalue weighted by atomic mass is 16.5. The molecule has 0 bridgehead atoms. The van der Waals surface area contributed by atoms with Crippen molar-refractivity contribution in [2.24, 2.45) is 17.8 Å². The summed E-state index contributed by atoms with van der Waals surface area (Å²) in [4.78, 5) is 0. The van der Waals surface area contributed by atoms with Gasteiger partial charge in [-0.1, -0.05) is 78.1 Å². The van der Waals surface area contributed by atoms with Gasteiger partial charge in [0.05, 0.1) is 6.10 Å². The molecular formula is C24H46O. The van der Waals surface area contributed by atoms with Gasteiger partial charge >= 0.3 is 0 Å². The van der Waals surface area contributed by atoms with Gasteiger partial charge in [0, 0.05) is 6.61 Å².